The van der Waals surface area contributed by atoms with Gasteiger partial charge in [-0.1, -0.05) is 12.1 Å². The van der Waals surface area contributed by atoms with Crippen LogP contribution in [0.3, 0.4) is 0 Å². The molecular weight excluding hydrogens is 363 g/mol. The number of nitrogens with one attached hydrogen (secondary N) is 2. The summed E-state index contributed by atoms with van der Waals surface area (Å²) in [6.07, 6.45) is 1.50. The Morgan fingerprint density at radius 3 is 2.64 bits per heavy atom. The summed E-state index contributed by atoms with van der Waals surface area (Å²) in [4.78, 5) is 20.7. The van der Waals surface area contributed by atoms with Gasteiger partial charge in [0.25, 0.3) is 5.91 Å². The van der Waals surface area contributed by atoms with E-state index in [1.165, 1.54) is 24.4 Å². The summed E-state index contributed by atoms with van der Waals surface area (Å²) in [6.45, 7) is 1.29. The van der Waals surface area contributed by atoms with Crippen LogP contribution in [0.15, 0.2) is 54.7 Å². The molecule has 1 aliphatic rings. The van der Waals surface area contributed by atoms with Crippen molar-refractivity contribution in [3.63, 3.8) is 0 Å². The zero-order chi connectivity index (χ0) is 19.3. The highest BCUT2D eigenvalue weighted by atomic mass is 19.1. The first-order valence-electron chi connectivity index (χ1n) is 8.70. The second-order valence-corrected chi connectivity index (χ2v) is 6.06. The van der Waals surface area contributed by atoms with Crippen LogP contribution >= 0.6 is 0 Å². The normalized spacial score (nSPS) is 12.3. The van der Waals surface area contributed by atoms with Crippen molar-refractivity contribution in [1.29, 1.82) is 0 Å². The Balaban J connectivity index is 1.42. The van der Waals surface area contributed by atoms with Crippen LogP contribution in [0.1, 0.15) is 16.1 Å². The van der Waals surface area contributed by atoms with Crippen LogP contribution in [0.4, 0.5) is 16.0 Å². The monoisotopic (exact) mass is 380 g/mol. The SMILES string of the molecule is O=C(NCc1ccc(F)cc1)c1ccnc(Nc2ccc3c(c2)OCCO3)n1. The predicted molar refractivity (Wildman–Crippen MR) is 100 cm³/mol. The molecule has 0 fully saturated rings. The van der Waals surface area contributed by atoms with Gasteiger partial charge in [-0.15, -0.1) is 0 Å². The van der Waals surface area contributed by atoms with Gasteiger partial charge in [-0.25, -0.2) is 14.4 Å². The maximum atomic E-state index is 12.9. The van der Waals surface area contributed by atoms with Crippen molar-refractivity contribution in [3.05, 3.63) is 71.8 Å². The Morgan fingerprint density at radius 2 is 1.82 bits per heavy atom. The third-order valence-corrected chi connectivity index (χ3v) is 4.05. The summed E-state index contributed by atoms with van der Waals surface area (Å²) in [6, 6.07) is 12.9. The molecule has 1 amide bonds. The van der Waals surface area contributed by atoms with Gasteiger partial charge < -0.3 is 20.1 Å². The minimum absolute atomic E-state index is 0.220. The average molecular weight is 380 g/mol. The van der Waals surface area contributed by atoms with E-state index < -0.39 is 0 Å². The van der Waals surface area contributed by atoms with Gasteiger partial charge in [0.2, 0.25) is 5.95 Å². The molecule has 0 spiro atoms. The summed E-state index contributed by atoms with van der Waals surface area (Å²) in [7, 11) is 0. The average Bonchev–Trinajstić information content (AvgIpc) is 2.73. The number of carbonyl (C=O) groups excluding carboxylic acids is 1. The first kappa shape index (κ1) is 17.7. The Bertz CT molecular complexity index is 995. The fourth-order valence-corrected chi connectivity index (χ4v) is 2.67. The molecule has 3 aromatic rings. The molecule has 7 nitrogen and oxygen atoms in total. The topological polar surface area (TPSA) is 85.4 Å². The van der Waals surface area contributed by atoms with Crippen LogP contribution in [-0.2, 0) is 6.54 Å². The fourth-order valence-electron chi connectivity index (χ4n) is 2.67. The smallest absolute Gasteiger partial charge is 0.270 e. The third-order valence-electron chi connectivity index (χ3n) is 4.05. The second-order valence-electron chi connectivity index (χ2n) is 6.06. The number of aromatic nitrogens is 2. The van der Waals surface area contributed by atoms with Gasteiger partial charge in [-0.05, 0) is 35.9 Å². The quantitative estimate of drug-likeness (QED) is 0.708. The van der Waals surface area contributed by atoms with Crippen molar-refractivity contribution in [3.8, 4) is 11.5 Å². The molecule has 0 unspecified atom stereocenters. The molecule has 1 aromatic heterocycles. The molecule has 0 saturated heterocycles. The summed E-state index contributed by atoms with van der Waals surface area (Å²) < 4.78 is 24.0. The van der Waals surface area contributed by atoms with Gasteiger partial charge in [-0.2, -0.15) is 0 Å². The van der Waals surface area contributed by atoms with E-state index in [-0.39, 0.29) is 29.9 Å². The number of hydrogen-bond acceptors (Lipinski definition) is 6. The lowest BCUT2D eigenvalue weighted by molar-refractivity contribution is 0.0946. The largest absolute Gasteiger partial charge is 0.486 e. The number of ether oxygens (including phenoxy) is 2. The van der Waals surface area contributed by atoms with E-state index in [0.29, 0.717) is 30.4 Å². The van der Waals surface area contributed by atoms with Crippen molar-refractivity contribution >= 4 is 17.5 Å². The van der Waals surface area contributed by atoms with E-state index in [4.69, 9.17) is 9.47 Å². The summed E-state index contributed by atoms with van der Waals surface area (Å²) in [5.41, 5.74) is 1.73. The Morgan fingerprint density at radius 1 is 1.04 bits per heavy atom. The number of carbonyl (C=O) groups is 1. The van der Waals surface area contributed by atoms with Gasteiger partial charge in [-0.3, -0.25) is 4.79 Å². The maximum absolute atomic E-state index is 12.9. The number of nitrogens with zero attached hydrogens (tertiary/aromatic N) is 2. The molecule has 0 aliphatic carbocycles. The third kappa shape index (κ3) is 4.17. The maximum Gasteiger partial charge on any atom is 0.270 e. The van der Waals surface area contributed by atoms with Gasteiger partial charge in [0.15, 0.2) is 11.5 Å². The van der Waals surface area contributed by atoms with Gasteiger partial charge in [0.05, 0.1) is 0 Å². The van der Waals surface area contributed by atoms with E-state index in [0.717, 1.165) is 5.56 Å². The highest BCUT2D eigenvalue weighted by Gasteiger charge is 2.13. The lowest BCUT2D eigenvalue weighted by Gasteiger charge is -2.19. The molecule has 1 aliphatic heterocycles. The van der Waals surface area contributed by atoms with E-state index in [9.17, 15) is 9.18 Å². The molecule has 2 N–H and O–H groups in total. The minimum atomic E-state index is -0.350. The number of amides is 1. The van der Waals surface area contributed by atoms with Crippen LogP contribution < -0.4 is 20.1 Å². The Kier molecular flexibility index (Phi) is 5.01. The zero-order valence-corrected chi connectivity index (χ0v) is 14.8. The second kappa shape index (κ2) is 7.91. The molecule has 0 bridgehead atoms. The molecule has 28 heavy (non-hydrogen) atoms. The standard InChI is InChI=1S/C20H17FN4O3/c21-14-3-1-13(2-4-14)12-23-19(26)16-7-8-22-20(25-16)24-15-5-6-17-18(11-15)28-10-9-27-17/h1-8,11H,9-10,12H2,(H,23,26)(H,22,24,25). The number of fused-ring (bicyclic) bond motifs is 1. The van der Waals surface area contributed by atoms with Gasteiger partial charge >= 0.3 is 0 Å². The van der Waals surface area contributed by atoms with Gasteiger partial charge in [0.1, 0.15) is 24.7 Å². The molecule has 2 heterocycles. The number of halogens is 1. The zero-order valence-electron chi connectivity index (χ0n) is 14.8. The molecular formula is C20H17FN4O3. The number of benzene rings is 2. The van der Waals surface area contributed by atoms with Crippen molar-refractivity contribution in [2.45, 2.75) is 6.54 Å². The number of rotatable bonds is 5. The lowest BCUT2D eigenvalue weighted by atomic mass is 10.2. The Labute approximate surface area is 160 Å². The minimum Gasteiger partial charge on any atom is -0.486 e. The first-order chi connectivity index (χ1) is 13.7. The van der Waals surface area contributed by atoms with Crippen molar-refractivity contribution in [1.82, 2.24) is 15.3 Å². The summed E-state index contributed by atoms with van der Waals surface area (Å²) >= 11 is 0. The summed E-state index contributed by atoms with van der Waals surface area (Å²) in [5.74, 6) is 0.944. The van der Waals surface area contributed by atoms with Gasteiger partial charge in [0, 0.05) is 24.5 Å². The molecule has 8 heteroatoms. The van der Waals surface area contributed by atoms with Crippen molar-refractivity contribution < 1.29 is 18.7 Å². The van der Waals surface area contributed by atoms with E-state index in [1.807, 2.05) is 6.07 Å². The van der Waals surface area contributed by atoms with Crippen LogP contribution in [0.5, 0.6) is 11.5 Å². The van der Waals surface area contributed by atoms with E-state index in [2.05, 4.69) is 20.6 Å². The lowest BCUT2D eigenvalue weighted by Crippen LogP contribution is -2.24. The molecule has 0 saturated carbocycles. The molecule has 142 valence electrons. The van der Waals surface area contributed by atoms with Crippen molar-refractivity contribution in [2.75, 3.05) is 18.5 Å². The number of hydrogen-bond donors (Lipinski definition) is 2. The van der Waals surface area contributed by atoms with E-state index in [1.54, 1.807) is 24.3 Å². The highest BCUT2D eigenvalue weighted by molar-refractivity contribution is 5.92. The first-order valence-corrected chi connectivity index (χ1v) is 8.70. The molecule has 4 rings (SSSR count). The molecule has 2 aromatic carbocycles. The number of anilines is 2. The van der Waals surface area contributed by atoms with Crippen LogP contribution in [-0.4, -0.2) is 29.1 Å². The molecule has 0 atom stereocenters. The van der Waals surface area contributed by atoms with Crippen molar-refractivity contribution in [2.24, 2.45) is 0 Å². The predicted octanol–water partition coefficient (Wildman–Crippen LogP) is 3.06. The fraction of sp³-hybridized carbons (Fsp3) is 0.150. The molecule has 0 radical (unpaired) electrons. The highest BCUT2D eigenvalue weighted by Crippen LogP contribution is 2.33. The Hall–Kier alpha value is -3.68. The van der Waals surface area contributed by atoms with Crippen LogP contribution in [0.2, 0.25) is 0 Å². The summed E-state index contributed by atoms with van der Waals surface area (Å²) in [5, 5.41) is 5.80. The van der Waals surface area contributed by atoms with Crippen LogP contribution in [0.25, 0.3) is 0 Å². The van der Waals surface area contributed by atoms with Crippen LogP contribution in [0, 0.1) is 5.82 Å². The van der Waals surface area contributed by atoms with E-state index >= 15 is 0 Å².